The van der Waals surface area contributed by atoms with Crippen LogP contribution in [0.3, 0.4) is 0 Å². The highest BCUT2D eigenvalue weighted by atomic mass is 31.2. The van der Waals surface area contributed by atoms with Gasteiger partial charge in [-0.3, -0.25) is 23.0 Å². The number of aliphatic hydroxyl groups excluding tert-OH is 1. The number of aliphatic hydroxyl groups is 2. The molecule has 11 atom stereocenters. The Morgan fingerprint density at radius 2 is 1.41 bits per heavy atom. The second-order valence-corrected chi connectivity index (χ2v) is 26.8. The minimum Gasteiger partial charge on any atom is -0.476 e. The predicted octanol–water partition coefficient (Wildman–Crippen LogP) is 6.89. The van der Waals surface area contributed by atoms with E-state index in [1.165, 1.54) is 71.0 Å². The van der Waals surface area contributed by atoms with Gasteiger partial charge in [0.05, 0.1) is 51.1 Å². The number of pyridine rings is 1. The third-order valence-electron chi connectivity index (χ3n) is 15.1. The molecule has 2 aromatic carbocycles. The maximum absolute atomic E-state index is 17.5. The van der Waals surface area contributed by atoms with E-state index in [0.29, 0.717) is 12.8 Å². The van der Waals surface area contributed by atoms with E-state index in [1.807, 2.05) is 0 Å². The minimum atomic E-state index is -5.22. The number of para-hydroxylation sites is 1. The second-order valence-electron chi connectivity index (χ2n) is 23.4. The number of alkyl halides is 3. The van der Waals surface area contributed by atoms with Crippen LogP contribution in [0.25, 0.3) is 33.2 Å². The number of ether oxygens (including phenoxy) is 6. The number of anilines is 2. The molecule has 3 aliphatic rings. The Bertz CT molecular complexity index is 3880. The molecule has 0 radical (unpaired) electrons. The Hall–Kier alpha value is -7.38. The van der Waals surface area contributed by atoms with Crippen LogP contribution in [-0.2, 0) is 46.7 Å². The maximum Gasteiger partial charge on any atom is 0.464 e. The number of nitrogens with two attached hydrogens (primary N) is 2. The summed E-state index contributed by atoms with van der Waals surface area (Å²) in [5.41, 5.74) is 3.06. The molecule has 2 saturated heterocycles. The lowest BCUT2D eigenvalue weighted by Gasteiger charge is -2.34. The number of hydrogen-bond donors (Lipinski definition) is 6. The molecule has 0 bridgehead atoms. The number of nitrogens with one attached hydrogen (secondary N) is 2. The fraction of sp³-hybridized carbons (Fsp3) is 0.518. The molecule has 29 nitrogen and oxygen atoms in total. The first-order valence-corrected chi connectivity index (χ1v) is 31.9. The maximum atomic E-state index is 17.5. The Morgan fingerprint density at radius 1 is 0.811 bits per heavy atom. The number of nitrogens with zero attached hydrogens (tertiary/aromatic N) is 9. The summed E-state index contributed by atoms with van der Waals surface area (Å²) in [7, 11) is -10.3. The monoisotopic (exact) mass is 1300 g/mol. The molecule has 0 amide bonds. The van der Waals surface area contributed by atoms with Crippen molar-refractivity contribution in [2.45, 2.75) is 141 Å². The summed E-state index contributed by atoms with van der Waals surface area (Å²) in [6.07, 6.45) is -2.71. The van der Waals surface area contributed by atoms with Gasteiger partial charge in [-0.05, 0) is 90.0 Å². The highest BCUT2D eigenvalue weighted by Crippen LogP contribution is 2.54. The zero-order chi connectivity index (χ0) is 64.8. The van der Waals surface area contributed by atoms with Crippen LogP contribution in [0.1, 0.15) is 99.7 Å². The highest BCUT2D eigenvalue weighted by molar-refractivity contribution is 7.52. The molecular formula is C56H71F3N13O16P2+. The Labute approximate surface area is 513 Å². The zero-order valence-electron chi connectivity index (χ0n) is 50.4. The summed E-state index contributed by atoms with van der Waals surface area (Å²) in [5, 5.41) is 28.8. The van der Waals surface area contributed by atoms with Crippen molar-refractivity contribution in [2.24, 2.45) is 5.41 Å². The lowest BCUT2D eigenvalue weighted by Crippen LogP contribution is -2.54. The molecule has 3 fully saturated rings. The van der Waals surface area contributed by atoms with Crippen molar-refractivity contribution in [3.8, 4) is 23.3 Å². The van der Waals surface area contributed by atoms with E-state index in [1.54, 1.807) is 52.8 Å². The number of fused-ring (bicyclic) bond motifs is 3. The molecule has 90 heavy (non-hydrogen) atoms. The number of carbonyl (C=O) groups is 2. The molecule has 2 aliphatic heterocycles. The smallest absolute Gasteiger partial charge is 0.464 e. The van der Waals surface area contributed by atoms with Crippen molar-refractivity contribution < 1.29 is 93.2 Å². The summed E-state index contributed by atoms with van der Waals surface area (Å²) in [4.78, 5) is 53.3. The summed E-state index contributed by atoms with van der Waals surface area (Å²) < 4.78 is 144. The zero-order valence-corrected chi connectivity index (χ0v) is 52.1. The average molecular weight is 1300 g/mol. The number of rotatable bonds is 25. The van der Waals surface area contributed by atoms with Crippen LogP contribution < -0.4 is 44.7 Å². The molecule has 34 heteroatoms. The van der Waals surface area contributed by atoms with Gasteiger partial charge < -0.3 is 59.1 Å². The van der Waals surface area contributed by atoms with Crippen molar-refractivity contribution in [1.82, 2.24) is 49.2 Å². The van der Waals surface area contributed by atoms with Crippen LogP contribution in [0.5, 0.6) is 23.3 Å². The molecule has 11 unspecified atom stereocenters. The van der Waals surface area contributed by atoms with Crippen molar-refractivity contribution in [2.75, 3.05) is 51.1 Å². The molecule has 0 spiro atoms. The van der Waals surface area contributed by atoms with Gasteiger partial charge in [-0.1, -0.05) is 45.0 Å². The normalized spacial score (nSPS) is 25.9. The molecule has 8 N–H and O–H groups in total. The summed E-state index contributed by atoms with van der Waals surface area (Å²) >= 11 is 0. The Morgan fingerprint density at radius 3 is 2.02 bits per heavy atom. The van der Waals surface area contributed by atoms with Gasteiger partial charge >= 0.3 is 33.6 Å². The van der Waals surface area contributed by atoms with Crippen molar-refractivity contribution >= 4 is 72.6 Å². The lowest BCUT2D eigenvalue weighted by molar-refractivity contribution is -0.689. The molecule has 1 saturated carbocycles. The molecule has 7 aromatic rings. The topological polar surface area (TPSA) is 368 Å². The summed E-state index contributed by atoms with van der Waals surface area (Å²) in [6.45, 7) is 8.80. The summed E-state index contributed by atoms with van der Waals surface area (Å²) in [6, 6.07) is 13.2. The lowest BCUT2D eigenvalue weighted by atomic mass is 9.88. The van der Waals surface area contributed by atoms with Crippen molar-refractivity contribution in [1.29, 1.82) is 0 Å². The number of imidazole rings is 2. The van der Waals surface area contributed by atoms with E-state index in [4.69, 9.17) is 58.0 Å². The fourth-order valence-corrected chi connectivity index (χ4v) is 13.4. The van der Waals surface area contributed by atoms with Crippen LogP contribution in [0.15, 0.2) is 79.5 Å². The fourth-order valence-electron chi connectivity index (χ4n) is 10.4. The first kappa shape index (κ1) is 65.6. The van der Waals surface area contributed by atoms with Gasteiger partial charge in [-0.2, -0.15) is 29.6 Å². The Kier molecular flexibility index (Phi) is 18.5. The quantitative estimate of drug-likeness (QED) is 0.0193. The van der Waals surface area contributed by atoms with E-state index < -0.39 is 112 Å². The van der Waals surface area contributed by atoms with Gasteiger partial charge in [-0.25, -0.2) is 37.1 Å². The first-order valence-electron chi connectivity index (χ1n) is 28.8. The second kappa shape index (κ2) is 25.4. The Balaban J connectivity index is 0.981. The van der Waals surface area contributed by atoms with Gasteiger partial charge in [0.25, 0.3) is 5.85 Å². The van der Waals surface area contributed by atoms with Crippen molar-refractivity contribution in [3.63, 3.8) is 0 Å². The standard InChI is InChI=1S/C56H71F3N13O16P2/c1-9-79-43-38-40(64-50(60)66-43)71(30-62-38)48-53(7,57)47(75)56(59,86-48)29-84-89(77,68-32(3)45(73)81-26-52(4,5)6)88-37-24-16-23-36-35(37)22-17-25-70(36)42(46(74)85-33-18-14-15-19-33)69-90(78,87-34-20-12-11-13-21-34)83-28-55(76)27-82-49(54(55,8)58)72-31-63-39-41(72)65-51(61)67-44(39)80-10-2/h11-13,16-17,20-25,30-33,42,47-49,75-76H,9-10,14-15,18-19,26-29H2,1-8H3,(H,68,77)(H,69,78)(H2,60,64,66)(H2,61,65,67)/q+1. The average Bonchev–Trinajstić information content (AvgIpc) is 1.56. The number of halogens is 3. The van der Waals surface area contributed by atoms with Crippen LogP contribution in [0, 0.1) is 5.41 Å². The van der Waals surface area contributed by atoms with Crippen LogP contribution >= 0.6 is 15.5 Å². The number of nitrogen functional groups attached to an aromatic ring is 2. The molecule has 5 aromatic heterocycles. The number of aromatic nitrogens is 9. The summed E-state index contributed by atoms with van der Waals surface area (Å²) in [5.74, 6) is -6.43. The van der Waals surface area contributed by atoms with Gasteiger partial charge in [0.2, 0.25) is 29.2 Å². The number of carbonyl (C=O) groups excluding carboxylic acids is 2. The number of esters is 2. The number of benzene rings is 2. The minimum absolute atomic E-state index is 0.00498. The molecule has 10 rings (SSSR count). The number of hydrogen-bond acceptors (Lipinski definition) is 24. The van der Waals surface area contributed by atoms with Crippen LogP contribution in [0.4, 0.5) is 25.1 Å². The van der Waals surface area contributed by atoms with Gasteiger partial charge in [0.15, 0.2) is 58.4 Å². The van der Waals surface area contributed by atoms with E-state index >= 15 is 22.3 Å². The van der Waals surface area contributed by atoms with Gasteiger partial charge in [0.1, 0.15) is 35.9 Å². The van der Waals surface area contributed by atoms with Crippen molar-refractivity contribution in [3.05, 3.63) is 79.5 Å². The highest BCUT2D eigenvalue weighted by Gasteiger charge is 2.66. The molecule has 7 heterocycles. The SMILES string of the molecule is CCOc1nc(N)nc2c1ncn2C1OC(F)(COP(=O)(NC(C)C(=O)OCC(C)(C)C)Oc2cccc3c2ccc[n+]3C(NP(=O)(OCC2(O)COC(n3cnc4c(OCC)nc(N)nc43)C2(C)F)Oc2ccccc2)C(=O)OC2CCCC2)C(O)C1(C)F. The third-order valence-corrected chi connectivity index (χ3v) is 18.2. The van der Waals surface area contributed by atoms with E-state index in [9.17, 15) is 19.8 Å². The largest absolute Gasteiger partial charge is 0.476 e. The third kappa shape index (κ3) is 13.4. The van der Waals surface area contributed by atoms with E-state index in [-0.39, 0.29) is 88.2 Å². The van der Waals surface area contributed by atoms with E-state index in [0.717, 1.165) is 37.6 Å². The first-order chi connectivity index (χ1) is 42.5. The van der Waals surface area contributed by atoms with Crippen LogP contribution in [-0.4, -0.2) is 142 Å². The van der Waals surface area contributed by atoms with Gasteiger partial charge in [0, 0.05) is 12.1 Å². The molecule has 486 valence electrons. The molecular weight excluding hydrogens is 1230 g/mol. The van der Waals surface area contributed by atoms with E-state index in [2.05, 4.69) is 40.1 Å². The predicted molar refractivity (Wildman–Crippen MR) is 313 cm³/mol. The van der Waals surface area contributed by atoms with Gasteiger partial charge in [-0.15, -0.1) is 5.09 Å². The molecule has 1 aliphatic carbocycles. The van der Waals surface area contributed by atoms with Crippen LogP contribution in [0.2, 0.25) is 0 Å².